The molecule has 0 fully saturated rings. The summed E-state index contributed by atoms with van der Waals surface area (Å²) in [5, 5.41) is 0. The van der Waals surface area contributed by atoms with Crippen molar-refractivity contribution in [2.45, 2.75) is 0 Å². The third-order valence-electron chi connectivity index (χ3n) is 2.15. The Morgan fingerprint density at radius 2 is 1.53 bits per heavy atom. The number of sulfonamides is 2. The van der Waals surface area contributed by atoms with Crippen LogP contribution < -0.4 is 4.41 Å². The molecule has 0 heterocycles. The first kappa shape index (κ1) is 16.2. The van der Waals surface area contributed by atoms with Crippen LogP contribution in [-0.2, 0) is 20.0 Å². The summed E-state index contributed by atoms with van der Waals surface area (Å²) in [7, 11) is -7.56. The molecule has 108 valence electrons. The van der Waals surface area contributed by atoms with Crippen molar-refractivity contribution < 1.29 is 16.8 Å². The number of benzene rings is 1. The highest BCUT2D eigenvalue weighted by Gasteiger charge is 2.31. The molecule has 1 aromatic rings. The number of rotatable bonds is 6. The summed E-state index contributed by atoms with van der Waals surface area (Å²) < 4.78 is 48.7. The van der Waals surface area contributed by atoms with Crippen LogP contribution >= 0.6 is 11.6 Å². The van der Waals surface area contributed by atoms with Crippen LogP contribution in [0.2, 0.25) is 0 Å². The lowest BCUT2D eigenvalue weighted by molar-refractivity contribution is 0.444. The Morgan fingerprint density at radius 3 is 1.89 bits per heavy atom. The fourth-order valence-electron chi connectivity index (χ4n) is 1.50. The first-order valence-electron chi connectivity index (χ1n) is 5.27. The zero-order valence-electron chi connectivity index (χ0n) is 10.5. The minimum absolute atomic E-state index is 0.0219. The molecular formula is C10H15ClN2O4S2. The van der Waals surface area contributed by atoms with Crippen LogP contribution in [0.5, 0.6) is 0 Å². The number of anilines is 1. The van der Waals surface area contributed by atoms with E-state index in [9.17, 15) is 16.8 Å². The van der Waals surface area contributed by atoms with Gasteiger partial charge in [-0.15, -0.1) is 11.6 Å². The minimum atomic E-state index is -3.80. The molecule has 0 aliphatic heterocycles. The number of hydrogen-bond acceptors (Lipinski definition) is 4. The molecule has 19 heavy (non-hydrogen) atoms. The van der Waals surface area contributed by atoms with Gasteiger partial charge in [-0.3, -0.25) is 0 Å². The van der Waals surface area contributed by atoms with Crippen molar-refractivity contribution in [1.29, 1.82) is 0 Å². The molecule has 0 radical (unpaired) electrons. The average molecular weight is 327 g/mol. The smallest absolute Gasteiger partial charge is 0.211 e. The van der Waals surface area contributed by atoms with Gasteiger partial charge < -0.3 is 0 Å². The average Bonchev–Trinajstić information content (AvgIpc) is 2.27. The molecule has 0 saturated heterocycles. The Hall–Kier alpha value is -0.830. The Bertz CT molecular complexity index is 616. The molecule has 1 aromatic carbocycles. The number of halogens is 1. The maximum absolute atomic E-state index is 11.9. The van der Waals surface area contributed by atoms with Crippen LogP contribution in [0.1, 0.15) is 0 Å². The minimum Gasteiger partial charge on any atom is -0.211 e. The quantitative estimate of drug-likeness (QED) is 0.574. The van der Waals surface area contributed by atoms with Crippen LogP contribution in [-0.4, -0.2) is 46.2 Å². The maximum Gasteiger partial charge on any atom is 0.246 e. The monoisotopic (exact) mass is 326 g/mol. The molecular weight excluding hydrogens is 312 g/mol. The van der Waals surface area contributed by atoms with Crippen molar-refractivity contribution in [2.75, 3.05) is 29.4 Å². The van der Waals surface area contributed by atoms with Gasteiger partial charge in [0.15, 0.2) is 0 Å². The fourth-order valence-corrected chi connectivity index (χ4v) is 4.20. The van der Waals surface area contributed by atoms with Gasteiger partial charge >= 0.3 is 0 Å². The lowest BCUT2D eigenvalue weighted by Crippen LogP contribution is -2.50. The third kappa shape index (κ3) is 4.34. The summed E-state index contributed by atoms with van der Waals surface area (Å²) in [6.07, 6.45) is 1.87. The number of hydrazine groups is 1. The highest BCUT2D eigenvalue weighted by Crippen LogP contribution is 2.21. The van der Waals surface area contributed by atoms with Gasteiger partial charge in [-0.05, 0) is 12.1 Å². The Morgan fingerprint density at radius 1 is 1.00 bits per heavy atom. The number of nitrogens with zero attached hydrogens (tertiary/aromatic N) is 2. The summed E-state index contributed by atoms with van der Waals surface area (Å²) in [5.41, 5.74) is 0.237. The summed E-state index contributed by atoms with van der Waals surface area (Å²) in [6, 6.07) is 7.96. The van der Waals surface area contributed by atoms with Gasteiger partial charge in [0.05, 0.1) is 18.2 Å². The van der Waals surface area contributed by atoms with Crippen LogP contribution in [0.15, 0.2) is 30.3 Å². The van der Waals surface area contributed by atoms with Crippen LogP contribution in [0.4, 0.5) is 5.69 Å². The van der Waals surface area contributed by atoms with Gasteiger partial charge in [-0.1, -0.05) is 22.6 Å². The Labute approximate surface area is 118 Å². The second kappa shape index (κ2) is 6.08. The summed E-state index contributed by atoms with van der Waals surface area (Å²) in [4.78, 5) is 0. The van der Waals surface area contributed by atoms with E-state index in [1.54, 1.807) is 18.2 Å². The second-order valence-corrected chi connectivity index (χ2v) is 7.92. The normalized spacial score (nSPS) is 12.6. The van der Waals surface area contributed by atoms with E-state index in [1.807, 2.05) is 0 Å². The van der Waals surface area contributed by atoms with Crippen molar-refractivity contribution in [2.24, 2.45) is 0 Å². The lowest BCUT2D eigenvalue weighted by Gasteiger charge is -2.32. The van der Waals surface area contributed by atoms with E-state index >= 15 is 0 Å². The van der Waals surface area contributed by atoms with Gasteiger partial charge in [0.1, 0.15) is 0 Å². The molecule has 0 aromatic heterocycles. The first-order valence-corrected chi connectivity index (χ1v) is 9.50. The van der Waals surface area contributed by atoms with E-state index in [-0.39, 0.29) is 18.1 Å². The lowest BCUT2D eigenvalue weighted by atomic mass is 10.3. The van der Waals surface area contributed by atoms with Crippen molar-refractivity contribution in [3.63, 3.8) is 0 Å². The van der Waals surface area contributed by atoms with Crippen molar-refractivity contribution >= 4 is 37.3 Å². The van der Waals surface area contributed by atoms with Gasteiger partial charge in [-0.2, -0.15) is 4.41 Å². The van der Waals surface area contributed by atoms with Crippen LogP contribution in [0.3, 0.4) is 0 Å². The van der Waals surface area contributed by atoms with E-state index in [1.165, 1.54) is 12.1 Å². The van der Waals surface area contributed by atoms with Crippen LogP contribution in [0.25, 0.3) is 0 Å². The molecule has 0 aliphatic carbocycles. The van der Waals surface area contributed by atoms with E-state index in [0.717, 1.165) is 21.3 Å². The van der Waals surface area contributed by atoms with Crippen molar-refractivity contribution in [3.8, 4) is 0 Å². The molecule has 0 N–H and O–H groups in total. The van der Waals surface area contributed by atoms with Crippen LogP contribution in [0, 0.1) is 0 Å². The van der Waals surface area contributed by atoms with E-state index < -0.39 is 20.0 Å². The molecule has 0 atom stereocenters. The summed E-state index contributed by atoms with van der Waals surface area (Å²) in [6.45, 7) is -0.137. The van der Waals surface area contributed by atoms with E-state index in [2.05, 4.69) is 0 Å². The fraction of sp³-hybridized carbons (Fsp3) is 0.400. The standard InChI is InChI=1S/C10H15ClN2O4S2/c1-18(14,15)12(9-8-11)13(19(2,16)17)10-6-4-3-5-7-10/h3-7H,8-9H2,1-2H3. The van der Waals surface area contributed by atoms with E-state index in [4.69, 9.17) is 11.6 Å². The largest absolute Gasteiger partial charge is 0.246 e. The Kier molecular flexibility index (Phi) is 5.19. The molecule has 9 heteroatoms. The highest BCUT2D eigenvalue weighted by molar-refractivity contribution is 7.94. The number of hydrogen-bond donors (Lipinski definition) is 0. The molecule has 1 rings (SSSR count). The summed E-state index contributed by atoms with van der Waals surface area (Å²) in [5.74, 6) is -0.0219. The molecule has 0 saturated carbocycles. The Balaban J connectivity index is 3.40. The van der Waals surface area contributed by atoms with Gasteiger partial charge in [-0.25, -0.2) is 16.8 Å². The molecule has 0 amide bonds. The topological polar surface area (TPSA) is 74.8 Å². The predicted octanol–water partition coefficient (Wildman–Crippen LogP) is 0.868. The SMILES string of the molecule is CS(=O)(=O)N(CCCl)N(c1ccccc1)S(C)(=O)=O. The molecule has 0 spiro atoms. The zero-order valence-corrected chi connectivity index (χ0v) is 12.9. The number of para-hydroxylation sites is 1. The summed E-state index contributed by atoms with van der Waals surface area (Å²) >= 11 is 5.56. The molecule has 6 nitrogen and oxygen atoms in total. The zero-order chi connectivity index (χ0) is 14.7. The first-order chi connectivity index (χ1) is 8.68. The molecule has 0 unspecified atom stereocenters. The van der Waals surface area contributed by atoms with E-state index in [0.29, 0.717) is 0 Å². The van der Waals surface area contributed by atoms with Crippen molar-refractivity contribution in [3.05, 3.63) is 30.3 Å². The van der Waals surface area contributed by atoms with Gasteiger partial charge in [0.25, 0.3) is 0 Å². The number of alkyl halides is 1. The predicted molar refractivity (Wildman–Crippen MR) is 76.0 cm³/mol. The van der Waals surface area contributed by atoms with Gasteiger partial charge in [0.2, 0.25) is 20.0 Å². The highest BCUT2D eigenvalue weighted by atomic mass is 35.5. The maximum atomic E-state index is 11.9. The molecule has 0 aliphatic rings. The van der Waals surface area contributed by atoms with Gasteiger partial charge in [0, 0.05) is 12.4 Å². The second-order valence-electron chi connectivity index (χ2n) is 3.84. The molecule has 0 bridgehead atoms. The van der Waals surface area contributed by atoms with Crippen molar-refractivity contribution in [1.82, 2.24) is 4.41 Å². The third-order valence-corrected chi connectivity index (χ3v) is 4.57.